The molecule has 2 rings (SSSR count). The molecule has 0 saturated heterocycles. The topological polar surface area (TPSA) is 139 Å². The molecule has 0 aliphatic carbocycles. The fourth-order valence-corrected chi connectivity index (χ4v) is 2.71. The molecular formula is C23H25N3O6. The fourth-order valence-electron chi connectivity index (χ4n) is 2.71. The van der Waals surface area contributed by atoms with Gasteiger partial charge >= 0.3 is 5.97 Å². The first-order chi connectivity index (χ1) is 14.9. The SMILES string of the molecule is CC(NC(=O)C(=Cc1cccc([N+](=O)[O-])c1)NC(=O)c1ccc(C(C)(C)C)cc1)C(=O)O. The Hall–Kier alpha value is -4.01. The van der Waals surface area contributed by atoms with Gasteiger partial charge in [-0.15, -0.1) is 0 Å². The Bertz CT molecular complexity index is 1070. The standard InChI is InChI=1S/C23H25N3O6/c1-14(22(29)30)24-21(28)19(13-15-6-5-7-18(12-15)26(31)32)25-20(27)16-8-10-17(11-9-16)23(2,3)4/h5-14H,1-4H3,(H,24,28)(H,25,27)(H,29,30). The average molecular weight is 439 g/mol. The van der Waals surface area contributed by atoms with Crippen LogP contribution in [0.1, 0.15) is 49.2 Å². The van der Waals surface area contributed by atoms with E-state index >= 15 is 0 Å². The normalized spacial score (nSPS) is 12.6. The number of carboxylic acids is 1. The van der Waals surface area contributed by atoms with E-state index in [1.54, 1.807) is 12.1 Å². The number of nitro groups is 1. The van der Waals surface area contributed by atoms with Crippen LogP contribution in [0, 0.1) is 10.1 Å². The van der Waals surface area contributed by atoms with Crippen molar-refractivity contribution >= 4 is 29.5 Å². The number of benzene rings is 2. The Morgan fingerprint density at radius 1 is 1.09 bits per heavy atom. The number of nitrogens with zero attached hydrogens (tertiary/aromatic N) is 1. The van der Waals surface area contributed by atoms with Crippen molar-refractivity contribution in [3.8, 4) is 0 Å². The molecule has 0 bridgehead atoms. The van der Waals surface area contributed by atoms with Crippen molar-refractivity contribution in [2.24, 2.45) is 0 Å². The lowest BCUT2D eigenvalue weighted by Gasteiger charge is -2.19. The summed E-state index contributed by atoms with van der Waals surface area (Å²) in [5.74, 6) is -2.68. The van der Waals surface area contributed by atoms with E-state index in [2.05, 4.69) is 10.6 Å². The molecular weight excluding hydrogens is 414 g/mol. The van der Waals surface area contributed by atoms with Gasteiger partial charge in [0.1, 0.15) is 11.7 Å². The van der Waals surface area contributed by atoms with Crippen molar-refractivity contribution in [2.45, 2.75) is 39.2 Å². The van der Waals surface area contributed by atoms with Crippen molar-refractivity contribution < 1.29 is 24.4 Å². The van der Waals surface area contributed by atoms with Crippen LogP contribution in [0.2, 0.25) is 0 Å². The van der Waals surface area contributed by atoms with Gasteiger partial charge in [0.15, 0.2) is 0 Å². The number of rotatable bonds is 7. The van der Waals surface area contributed by atoms with E-state index < -0.39 is 28.7 Å². The molecule has 0 heterocycles. The van der Waals surface area contributed by atoms with E-state index in [1.807, 2.05) is 32.9 Å². The molecule has 1 atom stereocenters. The number of nitrogens with one attached hydrogen (secondary N) is 2. The number of carbonyl (C=O) groups is 3. The predicted molar refractivity (Wildman–Crippen MR) is 119 cm³/mol. The molecule has 0 spiro atoms. The molecule has 2 amide bonds. The van der Waals surface area contributed by atoms with Crippen molar-refractivity contribution in [3.05, 3.63) is 81.0 Å². The molecule has 9 heteroatoms. The van der Waals surface area contributed by atoms with E-state index in [0.29, 0.717) is 5.56 Å². The van der Waals surface area contributed by atoms with E-state index in [4.69, 9.17) is 5.11 Å². The number of hydrogen-bond acceptors (Lipinski definition) is 5. The molecule has 3 N–H and O–H groups in total. The Kier molecular flexibility index (Phi) is 7.48. The second-order valence-corrected chi connectivity index (χ2v) is 8.22. The lowest BCUT2D eigenvalue weighted by molar-refractivity contribution is -0.384. The second kappa shape index (κ2) is 9.86. The van der Waals surface area contributed by atoms with Crippen LogP contribution in [0.3, 0.4) is 0 Å². The van der Waals surface area contributed by atoms with Crippen molar-refractivity contribution in [3.63, 3.8) is 0 Å². The quantitative estimate of drug-likeness (QED) is 0.344. The van der Waals surface area contributed by atoms with Crippen LogP contribution in [-0.4, -0.2) is 33.9 Å². The van der Waals surface area contributed by atoms with Gasteiger partial charge in [0, 0.05) is 17.7 Å². The zero-order valence-electron chi connectivity index (χ0n) is 18.2. The van der Waals surface area contributed by atoms with Gasteiger partial charge in [0.25, 0.3) is 17.5 Å². The largest absolute Gasteiger partial charge is 0.480 e. The predicted octanol–water partition coefficient (Wildman–Crippen LogP) is 3.25. The Morgan fingerprint density at radius 3 is 2.25 bits per heavy atom. The Balaban J connectivity index is 2.36. The maximum atomic E-state index is 12.7. The van der Waals surface area contributed by atoms with Crippen LogP contribution in [-0.2, 0) is 15.0 Å². The molecule has 2 aromatic rings. The first kappa shape index (κ1) is 24.3. The summed E-state index contributed by atoms with van der Waals surface area (Å²) < 4.78 is 0. The summed E-state index contributed by atoms with van der Waals surface area (Å²) in [6.07, 6.45) is 1.25. The van der Waals surface area contributed by atoms with Crippen LogP contribution >= 0.6 is 0 Å². The number of amides is 2. The molecule has 2 aromatic carbocycles. The molecule has 0 radical (unpaired) electrons. The number of non-ortho nitro benzene ring substituents is 1. The molecule has 0 aliphatic heterocycles. The summed E-state index contributed by atoms with van der Waals surface area (Å²) in [6.45, 7) is 7.39. The summed E-state index contributed by atoms with van der Waals surface area (Å²) in [4.78, 5) is 46.9. The van der Waals surface area contributed by atoms with Gasteiger partial charge in [-0.1, -0.05) is 45.0 Å². The van der Waals surface area contributed by atoms with Gasteiger partial charge in [0.05, 0.1) is 4.92 Å². The summed E-state index contributed by atoms with van der Waals surface area (Å²) in [7, 11) is 0. The highest BCUT2D eigenvalue weighted by Crippen LogP contribution is 2.22. The number of nitro benzene ring substituents is 1. The molecule has 32 heavy (non-hydrogen) atoms. The number of aliphatic carboxylic acids is 1. The first-order valence-corrected chi connectivity index (χ1v) is 9.80. The second-order valence-electron chi connectivity index (χ2n) is 8.22. The van der Waals surface area contributed by atoms with Crippen LogP contribution in [0.15, 0.2) is 54.2 Å². The number of hydrogen-bond donors (Lipinski definition) is 3. The third-order valence-electron chi connectivity index (χ3n) is 4.62. The van der Waals surface area contributed by atoms with E-state index in [-0.39, 0.29) is 22.4 Å². The first-order valence-electron chi connectivity index (χ1n) is 9.80. The zero-order chi connectivity index (χ0) is 24.1. The van der Waals surface area contributed by atoms with Crippen LogP contribution < -0.4 is 10.6 Å². The van der Waals surface area contributed by atoms with Crippen molar-refractivity contribution in [1.82, 2.24) is 10.6 Å². The van der Waals surface area contributed by atoms with Crippen LogP contribution in [0.4, 0.5) is 5.69 Å². The van der Waals surface area contributed by atoms with Crippen LogP contribution in [0.25, 0.3) is 6.08 Å². The summed E-state index contributed by atoms with van der Waals surface area (Å²) in [5.41, 5.74) is 1.06. The van der Waals surface area contributed by atoms with E-state index in [9.17, 15) is 24.5 Å². The van der Waals surface area contributed by atoms with Gasteiger partial charge < -0.3 is 15.7 Å². The van der Waals surface area contributed by atoms with Crippen molar-refractivity contribution in [2.75, 3.05) is 0 Å². The van der Waals surface area contributed by atoms with Gasteiger partial charge in [-0.2, -0.15) is 0 Å². The molecule has 0 aromatic heterocycles. The minimum absolute atomic E-state index is 0.102. The highest BCUT2D eigenvalue weighted by atomic mass is 16.6. The minimum atomic E-state index is -1.25. The number of carbonyl (C=O) groups excluding carboxylic acids is 2. The highest BCUT2D eigenvalue weighted by molar-refractivity contribution is 6.06. The van der Waals surface area contributed by atoms with Gasteiger partial charge in [-0.3, -0.25) is 24.5 Å². The van der Waals surface area contributed by atoms with Gasteiger partial charge in [-0.05, 0) is 41.7 Å². The fraction of sp³-hybridized carbons (Fsp3) is 0.261. The highest BCUT2D eigenvalue weighted by Gasteiger charge is 2.20. The molecule has 0 saturated carbocycles. The Morgan fingerprint density at radius 2 is 1.72 bits per heavy atom. The third kappa shape index (κ3) is 6.49. The third-order valence-corrected chi connectivity index (χ3v) is 4.62. The van der Waals surface area contributed by atoms with E-state index in [1.165, 1.54) is 37.3 Å². The lowest BCUT2D eigenvalue weighted by atomic mass is 9.87. The summed E-state index contributed by atoms with van der Waals surface area (Å²) in [5, 5.41) is 24.8. The number of carboxylic acid groups (broad SMARTS) is 1. The van der Waals surface area contributed by atoms with Crippen LogP contribution in [0.5, 0.6) is 0 Å². The maximum absolute atomic E-state index is 12.7. The summed E-state index contributed by atoms with van der Waals surface area (Å²) >= 11 is 0. The van der Waals surface area contributed by atoms with Gasteiger partial charge in [-0.25, -0.2) is 0 Å². The minimum Gasteiger partial charge on any atom is -0.480 e. The monoisotopic (exact) mass is 439 g/mol. The maximum Gasteiger partial charge on any atom is 0.325 e. The molecule has 9 nitrogen and oxygen atoms in total. The van der Waals surface area contributed by atoms with Gasteiger partial charge in [0.2, 0.25) is 0 Å². The molecule has 168 valence electrons. The van der Waals surface area contributed by atoms with E-state index in [0.717, 1.165) is 5.56 Å². The lowest BCUT2D eigenvalue weighted by Crippen LogP contribution is -2.42. The smallest absolute Gasteiger partial charge is 0.325 e. The molecule has 0 aliphatic rings. The van der Waals surface area contributed by atoms with Crippen molar-refractivity contribution in [1.29, 1.82) is 0 Å². The Labute approximate surface area is 185 Å². The average Bonchev–Trinajstić information content (AvgIpc) is 2.72. The molecule has 0 fully saturated rings. The zero-order valence-corrected chi connectivity index (χ0v) is 18.2. The summed E-state index contributed by atoms with van der Waals surface area (Å²) in [6, 6.07) is 11.1. The molecule has 1 unspecified atom stereocenters.